The van der Waals surface area contributed by atoms with Crippen LogP contribution in [0.2, 0.25) is 0 Å². The Morgan fingerprint density at radius 1 is 0.700 bits per heavy atom. The third-order valence-corrected chi connectivity index (χ3v) is 5.43. The van der Waals surface area contributed by atoms with Crippen molar-refractivity contribution in [2.75, 3.05) is 0 Å². The quantitative estimate of drug-likeness (QED) is 0.499. The predicted octanol–water partition coefficient (Wildman–Crippen LogP) is 4.77. The van der Waals surface area contributed by atoms with Gasteiger partial charge in [-0.05, 0) is 24.3 Å². The summed E-state index contributed by atoms with van der Waals surface area (Å²) in [7, 11) is -1.13. The second kappa shape index (κ2) is 4.66. The molecule has 0 radical (unpaired) electrons. The Morgan fingerprint density at radius 2 is 1.15 bits per heavy atom. The van der Waals surface area contributed by atoms with Crippen LogP contribution in [-0.2, 0) is 0 Å². The molecule has 0 N–H and O–H groups in total. The summed E-state index contributed by atoms with van der Waals surface area (Å²) in [5.41, 5.74) is 3.24. The van der Waals surface area contributed by atoms with E-state index in [1.807, 2.05) is 60.7 Å². The van der Waals surface area contributed by atoms with E-state index in [4.69, 9.17) is 20.1 Å². The molecule has 4 aromatic rings. The summed E-state index contributed by atoms with van der Waals surface area (Å²) in [4.78, 5) is 0. The van der Waals surface area contributed by atoms with Crippen LogP contribution in [0, 0.1) is 0 Å². The molecule has 98 valence electrons. The molecule has 2 heterocycles. The Morgan fingerprint density at radius 3 is 1.60 bits per heavy atom. The standard InChI is InChI=1S/C16H10ClO2P/c17-20(15-9-11-5-1-3-7-13(11)18-15)16-10-12-6-2-4-8-14(12)19-16/h1-10H. The molecule has 0 aliphatic rings. The van der Waals surface area contributed by atoms with Crippen molar-refractivity contribution in [1.29, 1.82) is 0 Å². The van der Waals surface area contributed by atoms with Crippen molar-refractivity contribution in [2.45, 2.75) is 0 Å². The molecule has 0 amide bonds. The summed E-state index contributed by atoms with van der Waals surface area (Å²) in [5, 5.41) is 2.12. The molecule has 0 atom stereocenters. The number of hydrogen-bond acceptors (Lipinski definition) is 2. The summed E-state index contributed by atoms with van der Waals surface area (Å²) in [6.45, 7) is 0. The summed E-state index contributed by atoms with van der Waals surface area (Å²) < 4.78 is 11.6. The first-order valence-corrected chi connectivity index (χ1v) is 8.49. The second-order valence-electron chi connectivity index (χ2n) is 4.53. The first-order valence-electron chi connectivity index (χ1n) is 6.24. The van der Waals surface area contributed by atoms with Crippen LogP contribution in [0.5, 0.6) is 0 Å². The Balaban J connectivity index is 1.80. The number of para-hydroxylation sites is 2. The number of fused-ring (bicyclic) bond motifs is 2. The zero-order valence-electron chi connectivity index (χ0n) is 10.4. The molecule has 2 nitrogen and oxygen atoms in total. The van der Waals surface area contributed by atoms with Gasteiger partial charge in [-0.3, -0.25) is 0 Å². The SMILES string of the molecule is ClP(c1cc2ccccc2o1)c1cc2ccccc2o1. The number of halogens is 1. The van der Waals surface area contributed by atoms with Gasteiger partial charge in [-0.15, -0.1) is 0 Å². The average molecular weight is 301 g/mol. The van der Waals surface area contributed by atoms with Gasteiger partial charge in [0, 0.05) is 10.8 Å². The van der Waals surface area contributed by atoms with Crippen LogP contribution >= 0.6 is 18.5 Å². The zero-order chi connectivity index (χ0) is 13.5. The van der Waals surface area contributed by atoms with E-state index in [9.17, 15) is 0 Å². The highest BCUT2D eigenvalue weighted by Crippen LogP contribution is 2.41. The lowest BCUT2D eigenvalue weighted by molar-refractivity contribution is 0.645. The van der Waals surface area contributed by atoms with Gasteiger partial charge in [-0.1, -0.05) is 47.6 Å². The van der Waals surface area contributed by atoms with Crippen LogP contribution in [0.1, 0.15) is 0 Å². The van der Waals surface area contributed by atoms with E-state index < -0.39 is 7.27 Å². The van der Waals surface area contributed by atoms with Gasteiger partial charge >= 0.3 is 0 Å². The molecule has 2 aromatic heterocycles. The average Bonchev–Trinajstić information content (AvgIpc) is 3.10. The van der Waals surface area contributed by atoms with E-state index in [0.29, 0.717) is 0 Å². The molecule has 0 saturated heterocycles. The molecule has 0 aliphatic carbocycles. The number of furan rings is 2. The Kier molecular flexibility index (Phi) is 2.80. The first-order chi connectivity index (χ1) is 9.81. The van der Waals surface area contributed by atoms with E-state index in [1.165, 1.54) is 0 Å². The lowest BCUT2D eigenvalue weighted by atomic mass is 10.3. The third-order valence-electron chi connectivity index (χ3n) is 3.21. The van der Waals surface area contributed by atoms with Crippen molar-refractivity contribution in [3.8, 4) is 0 Å². The fraction of sp³-hybridized carbons (Fsp3) is 0. The maximum absolute atomic E-state index is 6.55. The molecule has 0 bridgehead atoms. The summed E-state index contributed by atoms with van der Waals surface area (Å²) in [6.07, 6.45) is 0. The van der Waals surface area contributed by atoms with Crippen LogP contribution in [-0.4, -0.2) is 0 Å². The lowest BCUT2D eigenvalue weighted by Gasteiger charge is -2.00. The highest BCUT2D eigenvalue weighted by molar-refractivity contribution is 7.95. The fourth-order valence-electron chi connectivity index (χ4n) is 2.24. The molecule has 0 aliphatic heterocycles. The maximum atomic E-state index is 6.55. The highest BCUT2D eigenvalue weighted by atomic mass is 35.7. The molecule has 0 unspecified atom stereocenters. The van der Waals surface area contributed by atoms with E-state index in [1.54, 1.807) is 0 Å². The van der Waals surface area contributed by atoms with Crippen LogP contribution in [0.15, 0.2) is 69.5 Å². The molecule has 0 fully saturated rings. The van der Waals surface area contributed by atoms with E-state index in [0.717, 1.165) is 32.9 Å². The van der Waals surface area contributed by atoms with E-state index >= 15 is 0 Å². The Bertz CT molecular complexity index is 753. The smallest absolute Gasteiger partial charge is 0.150 e. The van der Waals surface area contributed by atoms with E-state index in [-0.39, 0.29) is 0 Å². The monoisotopic (exact) mass is 300 g/mol. The highest BCUT2D eigenvalue weighted by Gasteiger charge is 2.20. The van der Waals surface area contributed by atoms with Gasteiger partial charge in [0.05, 0.1) is 0 Å². The van der Waals surface area contributed by atoms with Crippen molar-refractivity contribution < 1.29 is 8.83 Å². The van der Waals surface area contributed by atoms with Crippen molar-refractivity contribution in [1.82, 2.24) is 0 Å². The van der Waals surface area contributed by atoms with Crippen LogP contribution in [0.25, 0.3) is 21.9 Å². The molecule has 2 aromatic carbocycles. The Hall–Kier alpha value is -1.76. The number of benzene rings is 2. The second-order valence-corrected chi connectivity index (χ2v) is 6.98. The van der Waals surface area contributed by atoms with Crippen LogP contribution in [0.3, 0.4) is 0 Å². The van der Waals surface area contributed by atoms with Crippen molar-refractivity contribution >= 4 is 51.5 Å². The largest absolute Gasteiger partial charge is 0.455 e. The summed E-state index contributed by atoms with van der Waals surface area (Å²) >= 11 is 6.55. The van der Waals surface area contributed by atoms with Crippen molar-refractivity contribution in [3.63, 3.8) is 0 Å². The maximum Gasteiger partial charge on any atom is 0.150 e. The zero-order valence-corrected chi connectivity index (χ0v) is 12.1. The minimum atomic E-state index is -1.13. The van der Waals surface area contributed by atoms with Crippen LogP contribution in [0.4, 0.5) is 0 Å². The molecule has 4 heteroatoms. The van der Waals surface area contributed by atoms with Gasteiger partial charge in [-0.25, -0.2) is 0 Å². The topological polar surface area (TPSA) is 26.3 Å². The van der Waals surface area contributed by atoms with Gasteiger partial charge in [-0.2, -0.15) is 0 Å². The van der Waals surface area contributed by atoms with E-state index in [2.05, 4.69) is 0 Å². The minimum absolute atomic E-state index is 0.766. The fourth-order valence-corrected chi connectivity index (χ4v) is 3.82. The lowest BCUT2D eigenvalue weighted by Crippen LogP contribution is -2.02. The van der Waals surface area contributed by atoms with Crippen molar-refractivity contribution in [3.05, 3.63) is 60.7 Å². The van der Waals surface area contributed by atoms with Crippen molar-refractivity contribution in [2.24, 2.45) is 0 Å². The van der Waals surface area contributed by atoms with Gasteiger partial charge in [0.15, 0.2) is 0 Å². The number of rotatable bonds is 2. The summed E-state index contributed by atoms with van der Waals surface area (Å²) in [5.74, 6) is 0. The molecular weight excluding hydrogens is 291 g/mol. The van der Waals surface area contributed by atoms with Gasteiger partial charge in [0.2, 0.25) is 0 Å². The molecule has 4 rings (SSSR count). The Labute approximate surface area is 121 Å². The molecule has 0 spiro atoms. The van der Waals surface area contributed by atoms with Gasteiger partial charge in [0.1, 0.15) is 29.4 Å². The molecule has 20 heavy (non-hydrogen) atoms. The third kappa shape index (κ3) is 1.93. The normalized spacial score (nSPS) is 11.7. The predicted molar refractivity (Wildman–Crippen MR) is 84.5 cm³/mol. The first kappa shape index (κ1) is 12.0. The summed E-state index contributed by atoms with van der Waals surface area (Å²) in [6, 6.07) is 19.8. The van der Waals surface area contributed by atoms with Gasteiger partial charge in [0.25, 0.3) is 0 Å². The molecule has 0 saturated carbocycles. The number of hydrogen-bond donors (Lipinski definition) is 0. The minimum Gasteiger partial charge on any atom is -0.455 e. The molecular formula is C16H10ClO2P. The van der Waals surface area contributed by atoms with Gasteiger partial charge < -0.3 is 8.83 Å². The van der Waals surface area contributed by atoms with Crippen LogP contribution < -0.4 is 11.0 Å².